The van der Waals surface area contributed by atoms with Gasteiger partial charge < -0.3 is 9.97 Å². The molecule has 0 aliphatic rings. The number of hydrogen-bond donors (Lipinski definition) is 2. The van der Waals surface area contributed by atoms with Gasteiger partial charge in [0.25, 0.3) is 0 Å². The minimum Gasteiger partial charge on any atom is -0.328 e. The van der Waals surface area contributed by atoms with Crippen LogP contribution in [-0.2, 0) is 13.1 Å². The highest BCUT2D eigenvalue weighted by molar-refractivity contribution is 9.10. The molecule has 0 saturated heterocycles. The molecule has 8 rings (SSSR count). The summed E-state index contributed by atoms with van der Waals surface area (Å²) in [6.45, 7) is 5.41. The SMILES string of the molecule is CCCCCn1c(=O)n2c(-c3ccncn3)nnc2c2[nH]c(Br)nc21.CCCCCn1c(=O)n2nc(-c3ccncn3)nc2c2[nH]c(Br)nc21. The number of aryl methyl sites for hydroxylation is 2. The highest BCUT2D eigenvalue weighted by Crippen LogP contribution is 2.22. The summed E-state index contributed by atoms with van der Waals surface area (Å²) in [6.07, 6.45) is 12.1. The summed E-state index contributed by atoms with van der Waals surface area (Å²) in [5, 5.41) is 12.7. The Balaban J connectivity index is 0.000000157. The minimum atomic E-state index is -0.259. The van der Waals surface area contributed by atoms with Gasteiger partial charge in [-0.2, -0.15) is 4.52 Å². The Bertz CT molecular complexity index is 2510. The van der Waals surface area contributed by atoms with Gasteiger partial charge in [-0.05, 0) is 56.8 Å². The van der Waals surface area contributed by atoms with E-state index < -0.39 is 0 Å². The van der Waals surface area contributed by atoms with E-state index >= 15 is 0 Å². The molecular weight excluding hydrogens is 776 g/mol. The van der Waals surface area contributed by atoms with Crippen molar-refractivity contribution in [1.82, 2.24) is 78.2 Å². The van der Waals surface area contributed by atoms with Gasteiger partial charge in [0.2, 0.25) is 5.82 Å². The van der Waals surface area contributed by atoms with Gasteiger partial charge in [-0.15, -0.1) is 15.3 Å². The molecule has 0 aromatic carbocycles. The summed E-state index contributed by atoms with van der Waals surface area (Å²) in [5.41, 5.74) is 3.94. The van der Waals surface area contributed by atoms with Crippen LogP contribution < -0.4 is 11.4 Å². The van der Waals surface area contributed by atoms with Gasteiger partial charge in [-0.25, -0.2) is 48.9 Å². The second-order valence-electron chi connectivity index (χ2n) is 11.3. The van der Waals surface area contributed by atoms with Crippen molar-refractivity contribution in [2.45, 2.75) is 65.5 Å². The molecule has 8 aromatic rings. The molecule has 0 saturated carbocycles. The highest BCUT2D eigenvalue weighted by Gasteiger charge is 2.21. The van der Waals surface area contributed by atoms with Crippen LogP contribution in [-0.4, -0.2) is 78.2 Å². The molecular formula is C30H30Br2N16O2. The number of H-pyrrole nitrogens is 2. The van der Waals surface area contributed by atoms with Crippen LogP contribution in [0.3, 0.4) is 0 Å². The van der Waals surface area contributed by atoms with Gasteiger partial charge in [-0.1, -0.05) is 39.5 Å². The average molecular weight is 806 g/mol. The molecule has 0 fully saturated rings. The molecule has 0 radical (unpaired) electrons. The first-order valence-corrected chi connectivity index (χ1v) is 17.6. The third-order valence-electron chi connectivity index (χ3n) is 7.97. The smallest absolute Gasteiger partial charge is 0.328 e. The van der Waals surface area contributed by atoms with Gasteiger partial charge in [-0.3, -0.25) is 9.13 Å². The lowest BCUT2D eigenvalue weighted by molar-refractivity contribution is 0.579. The zero-order valence-electron chi connectivity index (χ0n) is 27.0. The van der Waals surface area contributed by atoms with Crippen molar-refractivity contribution >= 4 is 65.5 Å². The normalized spacial score (nSPS) is 11.6. The van der Waals surface area contributed by atoms with Crippen LogP contribution in [0.2, 0.25) is 0 Å². The summed E-state index contributed by atoms with van der Waals surface area (Å²) in [7, 11) is 0. The van der Waals surface area contributed by atoms with E-state index in [1.807, 2.05) is 0 Å². The standard InChI is InChI=1S/2C15H15BrN8O/c1-2-3-4-7-23-12-10(19-14(16)20-12)13-22-21-11(24(13)15(23)25)9-5-6-17-8-18-9;1-2-3-4-7-23-12-10(19-14(16)21-12)13-20-11(22-24(13)15(23)25)9-5-6-17-8-18-9/h5-6,8H,2-4,7H2,1H3,(H,19,20);5-6,8H,2-4,7H2,1H3,(H,19,21). The number of hydrogen-bond acceptors (Lipinski definition) is 12. The monoisotopic (exact) mass is 804 g/mol. The number of aromatic nitrogens is 16. The largest absolute Gasteiger partial charge is 0.352 e. The number of aromatic amines is 2. The molecule has 20 heteroatoms. The van der Waals surface area contributed by atoms with Crippen LogP contribution in [0.5, 0.6) is 0 Å². The van der Waals surface area contributed by atoms with Crippen LogP contribution in [0.15, 0.2) is 56.2 Å². The van der Waals surface area contributed by atoms with Crippen molar-refractivity contribution in [3.63, 3.8) is 0 Å². The predicted octanol–water partition coefficient (Wildman–Crippen LogP) is 4.35. The van der Waals surface area contributed by atoms with Gasteiger partial charge in [0.05, 0.1) is 0 Å². The second kappa shape index (κ2) is 14.3. The number of halogens is 2. The van der Waals surface area contributed by atoms with E-state index in [-0.39, 0.29) is 11.4 Å². The van der Waals surface area contributed by atoms with Crippen LogP contribution in [0.4, 0.5) is 0 Å². The topological polar surface area (TPSA) is 213 Å². The number of fused-ring (bicyclic) bond motifs is 6. The minimum absolute atomic E-state index is 0.226. The van der Waals surface area contributed by atoms with Gasteiger partial charge in [0.1, 0.15) is 35.1 Å². The summed E-state index contributed by atoms with van der Waals surface area (Å²) in [6, 6.07) is 3.40. The molecule has 0 bridgehead atoms. The lowest BCUT2D eigenvalue weighted by Gasteiger charge is -2.08. The zero-order valence-corrected chi connectivity index (χ0v) is 30.1. The Kier molecular flexibility index (Phi) is 9.52. The van der Waals surface area contributed by atoms with E-state index in [0.29, 0.717) is 79.2 Å². The van der Waals surface area contributed by atoms with E-state index in [1.165, 1.54) is 21.6 Å². The van der Waals surface area contributed by atoms with Gasteiger partial charge in [0.15, 0.2) is 37.9 Å². The van der Waals surface area contributed by atoms with E-state index in [4.69, 9.17) is 0 Å². The number of imidazole rings is 2. The van der Waals surface area contributed by atoms with Crippen LogP contribution in [0.1, 0.15) is 52.4 Å². The number of unbranched alkanes of at least 4 members (excludes halogenated alkanes) is 4. The summed E-state index contributed by atoms with van der Waals surface area (Å²) in [4.78, 5) is 61.7. The van der Waals surface area contributed by atoms with Crippen molar-refractivity contribution in [3.8, 4) is 23.0 Å². The van der Waals surface area contributed by atoms with E-state index in [9.17, 15) is 9.59 Å². The lowest BCUT2D eigenvalue weighted by Crippen LogP contribution is -2.28. The van der Waals surface area contributed by atoms with E-state index in [1.54, 1.807) is 33.7 Å². The molecule has 18 nitrogen and oxygen atoms in total. The molecule has 2 N–H and O–H groups in total. The van der Waals surface area contributed by atoms with Crippen molar-refractivity contribution in [2.75, 3.05) is 0 Å². The maximum Gasteiger partial charge on any atom is 0.352 e. The van der Waals surface area contributed by atoms with Crippen molar-refractivity contribution in [3.05, 3.63) is 67.6 Å². The Labute approximate surface area is 298 Å². The van der Waals surface area contributed by atoms with Crippen molar-refractivity contribution in [1.29, 1.82) is 0 Å². The summed E-state index contributed by atoms with van der Waals surface area (Å²) < 4.78 is 7.17. The third-order valence-corrected chi connectivity index (χ3v) is 8.72. The molecule has 0 spiro atoms. The summed E-state index contributed by atoms with van der Waals surface area (Å²) >= 11 is 6.69. The Hall–Kier alpha value is -5.24. The zero-order chi connectivity index (χ0) is 34.8. The fraction of sp³-hybridized carbons (Fsp3) is 0.333. The molecule has 0 amide bonds. The molecule has 0 unspecified atom stereocenters. The Morgan fingerprint density at radius 2 is 1.26 bits per heavy atom. The number of nitrogens with zero attached hydrogens (tertiary/aromatic N) is 14. The molecule has 50 heavy (non-hydrogen) atoms. The second-order valence-corrected chi connectivity index (χ2v) is 12.8. The van der Waals surface area contributed by atoms with E-state index in [0.717, 1.165) is 38.5 Å². The van der Waals surface area contributed by atoms with E-state index in [2.05, 4.69) is 106 Å². The van der Waals surface area contributed by atoms with Crippen molar-refractivity contribution < 1.29 is 0 Å². The first kappa shape index (κ1) is 33.3. The molecule has 0 aliphatic carbocycles. The predicted molar refractivity (Wildman–Crippen MR) is 190 cm³/mol. The quantitative estimate of drug-likeness (QED) is 0.146. The maximum absolute atomic E-state index is 13.1. The average Bonchev–Trinajstić information content (AvgIpc) is 3.93. The number of rotatable bonds is 10. The lowest BCUT2D eigenvalue weighted by atomic mass is 10.2. The molecule has 256 valence electrons. The molecule has 8 heterocycles. The first-order valence-electron chi connectivity index (χ1n) is 16.0. The third kappa shape index (κ3) is 6.19. The van der Waals surface area contributed by atoms with Crippen LogP contribution in [0, 0.1) is 0 Å². The Morgan fingerprint density at radius 1 is 0.680 bits per heavy atom. The van der Waals surface area contributed by atoms with Gasteiger partial charge >= 0.3 is 11.4 Å². The molecule has 8 aromatic heterocycles. The summed E-state index contributed by atoms with van der Waals surface area (Å²) in [5.74, 6) is 0.761. The first-order chi connectivity index (χ1) is 24.4. The van der Waals surface area contributed by atoms with Gasteiger partial charge in [0, 0.05) is 25.5 Å². The fourth-order valence-electron chi connectivity index (χ4n) is 5.59. The molecule has 0 aliphatic heterocycles. The maximum atomic E-state index is 13.1. The van der Waals surface area contributed by atoms with Crippen molar-refractivity contribution in [2.24, 2.45) is 0 Å². The fourth-order valence-corrected chi connectivity index (χ4v) is 6.32. The van der Waals surface area contributed by atoms with Crippen LogP contribution >= 0.6 is 31.9 Å². The Morgan fingerprint density at radius 3 is 1.84 bits per heavy atom. The van der Waals surface area contributed by atoms with Crippen LogP contribution in [0.25, 0.3) is 56.7 Å². The number of nitrogens with one attached hydrogen (secondary N) is 2. The highest BCUT2D eigenvalue weighted by atomic mass is 79.9. The molecule has 0 atom stereocenters.